The molecule has 2 aliphatic rings. The Labute approximate surface area is 54.9 Å². The van der Waals surface area contributed by atoms with Crippen LogP contribution in [0.2, 0.25) is 0 Å². The van der Waals surface area contributed by atoms with E-state index in [2.05, 4.69) is 24.0 Å². The van der Waals surface area contributed by atoms with E-state index >= 15 is 0 Å². The summed E-state index contributed by atoms with van der Waals surface area (Å²) in [7, 11) is 0. The predicted octanol–water partition coefficient (Wildman–Crippen LogP) is 2.36. The van der Waals surface area contributed by atoms with Crippen molar-refractivity contribution in [2.24, 2.45) is 0 Å². The third-order valence-electron chi connectivity index (χ3n) is 1.76. The Morgan fingerprint density at radius 1 is 1.22 bits per heavy atom. The van der Waals surface area contributed by atoms with Gasteiger partial charge in [0.15, 0.2) is 0 Å². The van der Waals surface area contributed by atoms with Gasteiger partial charge >= 0.3 is 0 Å². The average molecular weight is 116 g/mol. The average Bonchev–Trinajstić information content (AvgIpc) is 2.33. The fourth-order valence-corrected chi connectivity index (χ4v) is 1.23. The molecule has 0 aromatic carbocycles. The Bertz CT molecular complexity index is 245. The molecule has 0 nitrogen and oxygen atoms in total. The van der Waals surface area contributed by atoms with Crippen molar-refractivity contribution in [1.82, 2.24) is 0 Å². The van der Waals surface area contributed by atoms with Gasteiger partial charge < -0.3 is 0 Å². The van der Waals surface area contributed by atoms with Gasteiger partial charge in [0.1, 0.15) is 0 Å². The van der Waals surface area contributed by atoms with Crippen molar-refractivity contribution in [3.05, 3.63) is 41.2 Å². The highest BCUT2D eigenvalue weighted by molar-refractivity contribution is 5.43. The number of rotatable bonds is 0. The monoisotopic (exact) mass is 116 g/mol. The van der Waals surface area contributed by atoms with Gasteiger partial charge in [-0.05, 0) is 24.5 Å². The molecule has 0 aromatic heterocycles. The molecular weight excluding hydrogens is 108 g/mol. The Kier molecular flexibility index (Phi) is 0.941. The molecule has 0 bridgehead atoms. The SMILES string of the molecule is C1=CC=C2CC=CCC=12. The summed E-state index contributed by atoms with van der Waals surface area (Å²) in [6, 6.07) is 0. The minimum Gasteiger partial charge on any atom is -0.117 e. The molecule has 0 heterocycles. The van der Waals surface area contributed by atoms with Crippen molar-refractivity contribution in [3.8, 4) is 0 Å². The zero-order chi connectivity index (χ0) is 6.10. The van der Waals surface area contributed by atoms with Crippen LogP contribution < -0.4 is 0 Å². The van der Waals surface area contributed by atoms with E-state index in [1.807, 2.05) is 6.08 Å². The summed E-state index contributed by atoms with van der Waals surface area (Å²) < 4.78 is 0. The predicted molar refractivity (Wildman–Crippen MR) is 38.1 cm³/mol. The van der Waals surface area contributed by atoms with E-state index < -0.39 is 0 Å². The van der Waals surface area contributed by atoms with Crippen LogP contribution >= 0.6 is 0 Å². The van der Waals surface area contributed by atoms with E-state index in [0.29, 0.717) is 0 Å². The molecule has 9 heavy (non-hydrogen) atoms. The van der Waals surface area contributed by atoms with Crippen LogP contribution in [0.4, 0.5) is 0 Å². The lowest BCUT2D eigenvalue weighted by Crippen LogP contribution is -1.88. The van der Waals surface area contributed by atoms with E-state index in [1.165, 1.54) is 11.1 Å². The van der Waals surface area contributed by atoms with Gasteiger partial charge in [0, 0.05) is 5.57 Å². The number of fused-ring (bicyclic) bond motifs is 1. The van der Waals surface area contributed by atoms with Gasteiger partial charge in [0.2, 0.25) is 0 Å². The van der Waals surface area contributed by atoms with Crippen molar-refractivity contribution >= 4 is 0 Å². The van der Waals surface area contributed by atoms with E-state index in [4.69, 9.17) is 0 Å². The molecule has 0 atom stereocenters. The molecule has 0 N–H and O–H groups in total. The first-order valence-electron chi connectivity index (χ1n) is 3.27. The third-order valence-corrected chi connectivity index (χ3v) is 1.76. The lowest BCUT2D eigenvalue weighted by atomic mass is 9.98. The highest BCUT2D eigenvalue weighted by atomic mass is 14.1. The topological polar surface area (TPSA) is 0 Å². The molecule has 0 unspecified atom stereocenters. The van der Waals surface area contributed by atoms with Gasteiger partial charge in [0.05, 0.1) is 0 Å². The summed E-state index contributed by atoms with van der Waals surface area (Å²) in [5, 5.41) is 0. The van der Waals surface area contributed by atoms with Gasteiger partial charge in [-0.15, -0.1) is 5.73 Å². The van der Waals surface area contributed by atoms with E-state index in [9.17, 15) is 0 Å². The molecule has 0 spiro atoms. The van der Waals surface area contributed by atoms with Crippen molar-refractivity contribution in [2.75, 3.05) is 0 Å². The maximum Gasteiger partial charge on any atom is 0.00127 e. The van der Waals surface area contributed by atoms with Crippen LogP contribution in [-0.2, 0) is 0 Å². The fraction of sp³-hybridized carbons (Fsp3) is 0.222. The molecular formula is C9H8. The first-order chi connectivity index (χ1) is 4.47. The van der Waals surface area contributed by atoms with Crippen molar-refractivity contribution in [3.63, 3.8) is 0 Å². The largest absolute Gasteiger partial charge is 0.117 e. The molecule has 0 aromatic rings. The van der Waals surface area contributed by atoms with Crippen LogP contribution in [0.5, 0.6) is 0 Å². The third kappa shape index (κ3) is 0.684. The van der Waals surface area contributed by atoms with Crippen molar-refractivity contribution in [2.45, 2.75) is 12.8 Å². The van der Waals surface area contributed by atoms with Crippen LogP contribution in [-0.4, -0.2) is 0 Å². The number of hydrogen-bond donors (Lipinski definition) is 0. The minimum absolute atomic E-state index is 1.09. The Balaban J connectivity index is 2.43. The van der Waals surface area contributed by atoms with E-state index in [-0.39, 0.29) is 0 Å². The molecule has 0 aliphatic heterocycles. The Hall–Kier alpha value is -1.00. The molecule has 0 amide bonds. The summed E-state index contributed by atoms with van der Waals surface area (Å²) in [5.74, 6) is 0. The van der Waals surface area contributed by atoms with Gasteiger partial charge in [-0.25, -0.2) is 0 Å². The first kappa shape index (κ1) is 4.84. The van der Waals surface area contributed by atoms with Gasteiger partial charge in [-0.2, -0.15) is 0 Å². The Morgan fingerprint density at radius 2 is 2.11 bits per heavy atom. The van der Waals surface area contributed by atoms with Gasteiger partial charge in [0.25, 0.3) is 0 Å². The summed E-state index contributed by atoms with van der Waals surface area (Å²) >= 11 is 0. The lowest BCUT2D eigenvalue weighted by Gasteiger charge is -2.06. The molecule has 2 rings (SSSR count). The standard InChI is InChI=1S/C9H8/c1-2-5-9-7-3-6-8(9)4-1/h1-3,6H,4-5H2. The quantitative estimate of drug-likeness (QED) is 0.336. The van der Waals surface area contributed by atoms with Crippen LogP contribution in [0.15, 0.2) is 41.2 Å². The molecule has 0 heteroatoms. The maximum atomic E-state index is 3.21. The summed E-state index contributed by atoms with van der Waals surface area (Å²) in [6.07, 6.45) is 10.8. The second-order valence-electron chi connectivity index (χ2n) is 2.36. The summed E-state index contributed by atoms with van der Waals surface area (Å²) in [4.78, 5) is 0. The zero-order valence-corrected chi connectivity index (χ0v) is 5.22. The summed E-state index contributed by atoms with van der Waals surface area (Å²) in [5.41, 5.74) is 6.05. The second kappa shape index (κ2) is 1.75. The Morgan fingerprint density at radius 3 is 3.00 bits per heavy atom. The first-order valence-corrected chi connectivity index (χ1v) is 3.27. The molecule has 0 fully saturated rings. The number of hydrogen-bond acceptors (Lipinski definition) is 0. The normalized spacial score (nSPS) is 21.3. The summed E-state index contributed by atoms with van der Waals surface area (Å²) in [6.45, 7) is 0. The maximum absolute atomic E-state index is 3.21. The lowest BCUT2D eigenvalue weighted by molar-refractivity contribution is 1.09. The zero-order valence-electron chi connectivity index (χ0n) is 5.22. The molecule has 0 radical (unpaired) electrons. The van der Waals surface area contributed by atoms with Crippen LogP contribution in [0, 0.1) is 0 Å². The number of allylic oxidation sites excluding steroid dienone is 5. The highest BCUT2D eigenvalue weighted by Crippen LogP contribution is 2.25. The van der Waals surface area contributed by atoms with Gasteiger partial charge in [-0.1, -0.05) is 18.2 Å². The fourth-order valence-electron chi connectivity index (χ4n) is 1.23. The minimum atomic E-state index is 1.09. The smallest absolute Gasteiger partial charge is 0.00127 e. The van der Waals surface area contributed by atoms with Crippen LogP contribution in [0.1, 0.15) is 12.8 Å². The van der Waals surface area contributed by atoms with Crippen LogP contribution in [0.25, 0.3) is 0 Å². The highest BCUT2D eigenvalue weighted by Gasteiger charge is 2.07. The van der Waals surface area contributed by atoms with Crippen LogP contribution in [0.3, 0.4) is 0 Å². The molecule has 0 saturated carbocycles. The van der Waals surface area contributed by atoms with Crippen molar-refractivity contribution in [1.29, 1.82) is 0 Å². The van der Waals surface area contributed by atoms with E-state index in [1.54, 1.807) is 0 Å². The van der Waals surface area contributed by atoms with Crippen molar-refractivity contribution < 1.29 is 0 Å². The van der Waals surface area contributed by atoms with Gasteiger partial charge in [-0.3, -0.25) is 0 Å². The molecule has 0 saturated heterocycles. The second-order valence-corrected chi connectivity index (χ2v) is 2.36. The van der Waals surface area contributed by atoms with E-state index in [0.717, 1.165) is 12.8 Å². The molecule has 44 valence electrons. The molecule has 2 aliphatic carbocycles.